The van der Waals surface area contributed by atoms with Crippen LogP contribution in [0.25, 0.3) is 0 Å². The van der Waals surface area contributed by atoms with Crippen LogP contribution in [0.2, 0.25) is 0 Å². The van der Waals surface area contributed by atoms with Gasteiger partial charge in [0.05, 0.1) is 7.11 Å². The Kier molecular flexibility index (Phi) is 7.03. The molecule has 2 heterocycles. The van der Waals surface area contributed by atoms with Crippen molar-refractivity contribution in [3.8, 4) is 5.75 Å². The lowest BCUT2D eigenvalue weighted by atomic mass is 9.84. The summed E-state index contributed by atoms with van der Waals surface area (Å²) in [7, 11) is 1.53. The van der Waals surface area contributed by atoms with Crippen molar-refractivity contribution in [1.29, 1.82) is 0 Å². The Morgan fingerprint density at radius 2 is 2.20 bits per heavy atom. The van der Waals surface area contributed by atoms with Crippen LogP contribution in [0.3, 0.4) is 0 Å². The Morgan fingerprint density at radius 1 is 1.37 bits per heavy atom. The summed E-state index contributed by atoms with van der Waals surface area (Å²) in [6.45, 7) is 1.94. The Labute approximate surface area is 176 Å². The van der Waals surface area contributed by atoms with Crippen molar-refractivity contribution in [1.82, 2.24) is 15.6 Å². The second kappa shape index (κ2) is 9.69. The number of nitrogens with zero attached hydrogens (tertiary/aromatic N) is 1. The Hall–Kier alpha value is -2.96. The minimum absolute atomic E-state index is 0.0580. The Bertz CT molecular complexity index is 891. The average Bonchev–Trinajstić information content (AvgIpc) is 3.09. The summed E-state index contributed by atoms with van der Waals surface area (Å²) >= 11 is 0. The van der Waals surface area contributed by atoms with E-state index in [1.807, 2.05) is 25.1 Å². The maximum absolute atomic E-state index is 14.4. The molecule has 1 aromatic carbocycles. The normalized spacial score (nSPS) is 19.2. The standard InChI is InChI=1S/C23H28FN3O3/c1-16(13-18-5-3-4-12-25-18)26-21(28)8-10-23(11-9-22(29)27-23)15-17-14-19(30-2)6-7-20(17)24/h3-7,12,14,16H,8-11,13,15H2,1-2H3,(H,26,28)(H,27,29)/t16-,23+/m1/s1. The number of benzene rings is 1. The number of carbonyl (C=O) groups excluding carboxylic acids is 2. The fourth-order valence-corrected chi connectivity index (χ4v) is 3.94. The molecule has 2 aromatic rings. The van der Waals surface area contributed by atoms with Gasteiger partial charge in [0, 0.05) is 42.7 Å². The molecule has 3 rings (SSSR count). The van der Waals surface area contributed by atoms with Crippen LogP contribution in [-0.4, -0.2) is 35.5 Å². The van der Waals surface area contributed by atoms with Gasteiger partial charge >= 0.3 is 0 Å². The molecule has 7 heteroatoms. The highest BCUT2D eigenvalue weighted by molar-refractivity contribution is 5.80. The van der Waals surface area contributed by atoms with E-state index in [4.69, 9.17) is 4.74 Å². The van der Waals surface area contributed by atoms with Crippen molar-refractivity contribution < 1.29 is 18.7 Å². The van der Waals surface area contributed by atoms with Crippen LogP contribution >= 0.6 is 0 Å². The molecule has 2 amide bonds. The minimum Gasteiger partial charge on any atom is -0.497 e. The van der Waals surface area contributed by atoms with Crippen molar-refractivity contribution in [2.24, 2.45) is 0 Å². The van der Waals surface area contributed by atoms with Gasteiger partial charge in [-0.3, -0.25) is 14.6 Å². The molecule has 0 bridgehead atoms. The molecule has 1 aliphatic rings. The molecule has 0 unspecified atom stereocenters. The van der Waals surface area contributed by atoms with Crippen molar-refractivity contribution in [3.63, 3.8) is 0 Å². The number of ether oxygens (including phenoxy) is 1. The summed E-state index contributed by atoms with van der Waals surface area (Å²) in [6, 6.07) is 10.2. The van der Waals surface area contributed by atoms with Gasteiger partial charge in [0.25, 0.3) is 0 Å². The average molecular weight is 413 g/mol. The number of rotatable bonds is 9. The first kappa shape index (κ1) is 21.7. The zero-order valence-electron chi connectivity index (χ0n) is 17.4. The molecule has 2 N–H and O–H groups in total. The van der Waals surface area contributed by atoms with Crippen LogP contribution in [0, 0.1) is 5.82 Å². The molecule has 2 atom stereocenters. The van der Waals surface area contributed by atoms with Gasteiger partial charge in [-0.2, -0.15) is 0 Å². The summed E-state index contributed by atoms with van der Waals surface area (Å²) in [6.07, 6.45) is 4.33. The Balaban J connectivity index is 1.61. The number of nitrogens with one attached hydrogen (secondary N) is 2. The third-order valence-corrected chi connectivity index (χ3v) is 5.50. The van der Waals surface area contributed by atoms with E-state index in [1.54, 1.807) is 18.3 Å². The van der Waals surface area contributed by atoms with Crippen LogP contribution in [0.4, 0.5) is 4.39 Å². The summed E-state index contributed by atoms with van der Waals surface area (Å²) < 4.78 is 19.5. The number of pyridine rings is 1. The number of hydrogen-bond acceptors (Lipinski definition) is 4. The molecule has 0 aliphatic carbocycles. The zero-order chi connectivity index (χ0) is 21.6. The van der Waals surface area contributed by atoms with Gasteiger partial charge < -0.3 is 15.4 Å². The topological polar surface area (TPSA) is 80.3 Å². The molecule has 0 spiro atoms. The number of amides is 2. The van der Waals surface area contributed by atoms with E-state index in [-0.39, 0.29) is 30.1 Å². The number of halogens is 1. The van der Waals surface area contributed by atoms with Gasteiger partial charge in [-0.1, -0.05) is 6.07 Å². The molecular weight excluding hydrogens is 385 g/mol. The van der Waals surface area contributed by atoms with Gasteiger partial charge in [-0.25, -0.2) is 4.39 Å². The van der Waals surface area contributed by atoms with E-state index in [1.165, 1.54) is 13.2 Å². The number of methoxy groups -OCH3 is 1. The van der Waals surface area contributed by atoms with Crippen molar-refractivity contribution in [2.45, 2.75) is 57.0 Å². The van der Waals surface area contributed by atoms with Crippen molar-refractivity contribution >= 4 is 11.8 Å². The van der Waals surface area contributed by atoms with Gasteiger partial charge in [-0.05, 0) is 62.1 Å². The van der Waals surface area contributed by atoms with Crippen LogP contribution in [0.5, 0.6) is 5.75 Å². The molecule has 1 aromatic heterocycles. The SMILES string of the molecule is COc1ccc(F)c(C[C@]2(CCC(=O)N[C@H](C)Cc3ccccn3)CCC(=O)N2)c1. The second-order valence-corrected chi connectivity index (χ2v) is 7.96. The zero-order valence-corrected chi connectivity index (χ0v) is 17.4. The highest BCUT2D eigenvalue weighted by Crippen LogP contribution is 2.31. The lowest BCUT2D eigenvalue weighted by Gasteiger charge is -2.30. The quantitative estimate of drug-likeness (QED) is 0.662. The molecular formula is C23H28FN3O3. The predicted molar refractivity (Wildman–Crippen MR) is 112 cm³/mol. The maximum Gasteiger partial charge on any atom is 0.220 e. The first-order chi connectivity index (χ1) is 14.4. The first-order valence-electron chi connectivity index (χ1n) is 10.2. The summed E-state index contributed by atoms with van der Waals surface area (Å²) in [5, 5.41) is 5.98. The summed E-state index contributed by atoms with van der Waals surface area (Å²) in [5.41, 5.74) is 0.755. The minimum atomic E-state index is -0.633. The summed E-state index contributed by atoms with van der Waals surface area (Å²) in [4.78, 5) is 28.7. The molecule has 160 valence electrons. The fraction of sp³-hybridized carbons (Fsp3) is 0.435. The number of aromatic nitrogens is 1. The third-order valence-electron chi connectivity index (χ3n) is 5.50. The number of hydrogen-bond donors (Lipinski definition) is 2. The van der Waals surface area contributed by atoms with E-state index >= 15 is 0 Å². The Morgan fingerprint density at radius 3 is 2.87 bits per heavy atom. The highest BCUT2D eigenvalue weighted by atomic mass is 19.1. The summed E-state index contributed by atoms with van der Waals surface area (Å²) in [5.74, 6) is 0.0593. The smallest absolute Gasteiger partial charge is 0.220 e. The monoisotopic (exact) mass is 413 g/mol. The molecule has 1 saturated heterocycles. The third kappa shape index (κ3) is 5.78. The van der Waals surface area contributed by atoms with E-state index in [2.05, 4.69) is 15.6 Å². The van der Waals surface area contributed by atoms with E-state index in [0.717, 1.165) is 5.69 Å². The van der Waals surface area contributed by atoms with E-state index in [0.29, 0.717) is 43.4 Å². The predicted octanol–water partition coefficient (Wildman–Crippen LogP) is 2.95. The van der Waals surface area contributed by atoms with Gasteiger partial charge in [-0.15, -0.1) is 0 Å². The van der Waals surface area contributed by atoms with E-state index in [9.17, 15) is 14.0 Å². The largest absolute Gasteiger partial charge is 0.497 e. The van der Waals surface area contributed by atoms with E-state index < -0.39 is 5.54 Å². The second-order valence-electron chi connectivity index (χ2n) is 7.96. The molecule has 1 fully saturated rings. The molecule has 1 aliphatic heterocycles. The van der Waals surface area contributed by atoms with Crippen LogP contribution in [-0.2, 0) is 22.4 Å². The van der Waals surface area contributed by atoms with Gasteiger partial charge in [0.1, 0.15) is 11.6 Å². The maximum atomic E-state index is 14.4. The van der Waals surface area contributed by atoms with Gasteiger partial charge in [0.2, 0.25) is 11.8 Å². The molecule has 30 heavy (non-hydrogen) atoms. The molecule has 6 nitrogen and oxygen atoms in total. The van der Waals surface area contributed by atoms with Crippen molar-refractivity contribution in [3.05, 3.63) is 59.7 Å². The van der Waals surface area contributed by atoms with Crippen LogP contribution in [0.1, 0.15) is 43.9 Å². The molecule has 0 saturated carbocycles. The first-order valence-corrected chi connectivity index (χ1v) is 10.2. The number of carbonyl (C=O) groups is 2. The lowest BCUT2D eigenvalue weighted by molar-refractivity contribution is -0.123. The van der Waals surface area contributed by atoms with Crippen LogP contribution in [0.15, 0.2) is 42.6 Å². The van der Waals surface area contributed by atoms with Gasteiger partial charge in [0.15, 0.2) is 0 Å². The lowest BCUT2D eigenvalue weighted by Crippen LogP contribution is -2.45. The van der Waals surface area contributed by atoms with Crippen molar-refractivity contribution in [2.75, 3.05) is 7.11 Å². The van der Waals surface area contributed by atoms with Crippen LogP contribution < -0.4 is 15.4 Å². The highest BCUT2D eigenvalue weighted by Gasteiger charge is 2.38. The fourth-order valence-electron chi connectivity index (χ4n) is 3.94. The molecule has 0 radical (unpaired) electrons.